The number of carbonyl (C=O) groups is 1. The van der Waals surface area contributed by atoms with Gasteiger partial charge in [0, 0.05) is 10.3 Å². The molecule has 0 aliphatic carbocycles. The molecule has 1 atom stereocenters. The van der Waals surface area contributed by atoms with E-state index in [4.69, 9.17) is 0 Å². The molecule has 2 heterocycles. The Hall–Kier alpha value is -1.14. The molecule has 104 valence electrons. The summed E-state index contributed by atoms with van der Waals surface area (Å²) < 4.78 is 22.5. The maximum atomic E-state index is 12.0. The number of hydrogen-bond donors (Lipinski definition) is 1. The van der Waals surface area contributed by atoms with Crippen LogP contribution in [0.2, 0.25) is 0 Å². The summed E-state index contributed by atoms with van der Waals surface area (Å²) >= 11 is 1.47. The number of amides is 1. The monoisotopic (exact) mass is 299 g/mol. The average Bonchev–Trinajstić information content (AvgIpc) is 2.85. The third-order valence-electron chi connectivity index (χ3n) is 2.74. The van der Waals surface area contributed by atoms with Crippen molar-refractivity contribution in [3.8, 4) is 0 Å². The predicted octanol–water partition coefficient (Wildman–Crippen LogP) is 1.99. The van der Waals surface area contributed by atoms with E-state index >= 15 is 0 Å². The fourth-order valence-electron chi connectivity index (χ4n) is 1.92. The average molecular weight is 299 g/mol. The summed E-state index contributed by atoms with van der Waals surface area (Å²) in [7, 11) is -3.13. The summed E-state index contributed by atoms with van der Waals surface area (Å²) in [6.07, 6.45) is 2.48. The molecule has 4 nitrogen and oxygen atoms in total. The highest BCUT2D eigenvalue weighted by Crippen LogP contribution is 2.20. The Morgan fingerprint density at radius 1 is 1.47 bits per heavy atom. The van der Waals surface area contributed by atoms with Gasteiger partial charge in [0.15, 0.2) is 9.84 Å². The fourth-order valence-corrected chi connectivity index (χ4v) is 4.28. The minimum absolute atomic E-state index is 0.0387. The Labute approximate surface area is 117 Å². The lowest BCUT2D eigenvalue weighted by Gasteiger charge is -2.08. The number of hydrogen-bond acceptors (Lipinski definition) is 4. The van der Waals surface area contributed by atoms with Crippen LogP contribution >= 0.6 is 11.3 Å². The maximum absolute atomic E-state index is 12.0. The Balaban J connectivity index is 1.97. The minimum Gasteiger partial charge on any atom is -0.344 e. The van der Waals surface area contributed by atoms with E-state index in [1.165, 1.54) is 22.3 Å². The zero-order valence-electron chi connectivity index (χ0n) is 10.9. The number of carbonyl (C=O) groups excluding carboxylic acids is 1. The van der Waals surface area contributed by atoms with Crippen molar-refractivity contribution in [3.63, 3.8) is 0 Å². The summed E-state index contributed by atoms with van der Waals surface area (Å²) in [6, 6.07) is 3.35. The molecule has 1 aromatic heterocycles. The Morgan fingerprint density at radius 2 is 2.21 bits per heavy atom. The first-order chi connectivity index (χ1) is 8.85. The Bertz CT molecular complexity index is 599. The molecule has 0 radical (unpaired) electrons. The molecule has 6 heteroatoms. The van der Waals surface area contributed by atoms with E-state index in [1.807, 2.05) is 6.07 Å². The molecule has 0 bridgehead atoms. The van der Waals surface area contributed by atoms with Crippen LogP contribution in [0.4, 0.5) is 0 Å². The molecule has 2 rings (SSSR count). The predicted molar refractivity (Wildman–Crippen MR) is 77.0 cm³/mol. The summed E-state index contributed by atoms with van der Waals surface area (Å²) in [5, 5.41) is 3.89. The van der Waals surface area contributed by atoms with Gasteiger partial charge in [0.1, 0.15) is 0 Å². The third kappa shape index (κ3) is 3.91. The van der Waals surface area contributed by atoms with Gasteiger partial charge in [0.05, 0.1) is 16.7 Å². The van der Waals surface area contributed by atoms with Crippen LogP contribution in [0.25, 0.3) is 0 Å². The lowest BCUT2D eigenvalue weighted by atomic mass is 10.1. The maximum Gasteiger partial charge on any atom is 0.261 e. The molecule has 1 aliphatic rings. The normalized spacial score (nSPS) is 20.9. The van der Waals surface area contributed by atoms with Crippen molar-refractivity contribution in [1.82, 2.24) is 5.32 Å². The number of nitrogens with one attached hydrogen (secondary N) is 1. The van der Waals surface area contributed by atoms with Gasteiger partial charge >= 0.3 is 0 Å². The summed E-state index contributed by atoms with van der Waals surface area (Å²) in [5.41, 5.74) is 0. The summed E-state index contributed by atoms with van der Waals surface area (Å²) in [6.45, 7) is 4.27. The minimum atomic E-state index is -3.13. The smallest absolute Gasteiger partial charge is 0.261 e. The highest BCUT2D eigenvalue weighted by molar-refractivity contribution is 7.94. The number of thiophene rings is 1. The van der Waals surface area contributed by atoms with Gasteiger partial charge in [-0.15, -0.1) is 11.3 Å². The molecule has 0 saturated heterocycles. The second kappa shape index (κ2) is 5.46. The summed E-state index contributed by atoms with van der Waals surface area (Å²) in [5.74, 6) is 0.312. The molecule has 0 aromatic carbocycles. The molecule has 0 saturated carbocycles. The van der Waals surface area contributed by atoms with E-state index < -0.39 is 15.9 Å². The molecule has 1 amide bonds. The molecular weight excluding hydrogens is 282 g/mol. The van der Waals surface area contributed by atoms with Crippen molar-refractivity contribution in [1.29, 1.82) is 0 Å². The molecule has 0 spiro atoms. The lowest BCUT2D eigenvalue weighted by Crippen LogP contribution is -2.35. The Morgan fingerprint density at radius 3 is 2.79 bits per heavy atom. The molecule has 19 heavy (non-hydrogen) atoms. The van der Waals surface area contributed by atoms with Gasteiger partial charge < -0.3 is 5.32 Å². The first-order valence-corrected chi connectivity index (χ1v) is 8.69. The van der Waals surface area contributed by atoms with E-state index in [9.17, 15) is 13.2 Å². The van der Waals surface area contributed by atoms with Crippen LogP contribution in [0, 0.1) is 5.92 Å². The highest BCUT2D eigenvalue weighted by atomic mass is 32.2. The first kappa shape index (κ1) is 14.3. The van der Waals surface area contributed by atoms with Gasteiger partial charge in [0.2, 0.25) is 0 Å². The molecule has 1 N–H and O–H groups in total. The molecule has 1 aromatic rings. The molecule has 1 aliphatic heterocycles. The van der Waals surface area contributed by atoms with Gasteiger partial charge in [-0.05, 0) is 30.5 Å². The quantitative estimate of drug-likeness (QED) is 0.924. The lowest BCUT2D eigenvalue weighted by molar-refractivity contribution is 0.0952. The van der Waals surface area contributed by atoms with Crippen molar-refractivity contribution in [2.75, 3.05) is 5.75 Å². The highest BCUT2D eigenvalue weighted by Gasteiger charge is 2.23. The van der Waals surface area contributed by atoms with E-state index in [1.54, 1.807) is 6.07 Å². The van der Waals surface area contributed by atoms with Crippen LogP contribution < -0.4 is 5.32 Å². The second-order valence-corrected chi connectivity index (χ2v) is 8.20. The van der Waals surface area contributed by atoms with E-state index in [0.29, 0.717) is 10.8 Å². The van der Waals surface area contributed by atoms with Crippen molar-refractivity contribution in [2.24, 2.45) is 5.92 Å². The SMILES string of the molecule is CC(C)Cc1ccc(C(=O)NC2C=CS(=O)(=O)C2)s1. The van der Waals surface area contributed by atoms with Gasteiger partial charge in [-0.2, -0.15) is 0 Å². The second-order valence-electron chi connectivity index (χ2n) is 5.10. The summed E-state index contributed by atoms with van der Waals surface area (Å²) in [4.78, 5) is 13.8. The standard InChI is InChI=1S/C13H17NO3S2/c1-9(2)7-11-3-4-12(18-11)13(15)14-10-5-6-19(16,17)8-10/h3-6,9-10H,7-8H2,1-2H3,(H,14,15). The van der Waals surface area contributed by atoms with Crippen molar-refractivity contribution in [3.05, 3.63) is 33.4 Å². The van der Waals surface area contributed by atoms with Crippen LogP contribution in [0.3, 0.4) is 0 Å². The van der Waals surface area contributed by atoms with Crippen LogP contribution in [0.15, 0.2) is 23.6 Å². The zero-order chi connectivity index (χ0) is 14.0. The van der Waals surface area contributed by atoms with E-state index in [0.717, 1.165) is 11.8 Å². The third-order valence-corrected chi connectivity index (χ3v) is 5.24. The van der Waals surface area contributed by atoms with E-state index in [-0.39, 0.29) is 11.7 Å². The van der Waals surface area contributed by atoms with Gasteiger partial charge in [0.25, 0.3) is 5.91 Å². The van der Waals surface area contributed by atoms with Gasteiger partial charge in [-0.1, -0.05) is 13.8 Å². The van der Waals surface area contributed by atoms with E-state index in [2.05, 4.69) is 19.2 Å². The topological polar surface area (TPSA) is 63.2 Å². The van der Waals surface area contributed by atoms with Gasteiger partial charge in [-0.25, -0.2) is 8.42 Å². The zero-order valence-corrected chi connectivity index (χ0v) is 12.6. The van der Waals surface area contributed by atoms with Gasteiger partial charge in [-0.3, -0.25) is 4.79 Å². The largest absolute Gasteiger partial charge is 0.344 e. The molecular formula is C13H17NO3S2. The van der Waals surface area contributed by atoms with Crippen molar-refractivity contribution >= 4 is 27.1 Å². The first-order valence-electron chi connectivity index (χ1n) is 6.16. The molecule has 1 unspecified atom stereocenters. The Kier molecular flexibility index (Phi) is 4.10. The van der Waals surface area contributed by atoms with Crippen LogP contribution in [-0.4, -0.2) is 26.1 Å². The van der Waals surface area contributed by atoms with Crippen LogP contribution in [-0.2, 0) is 16.3 Å². The van der Waals surface area contributed by atoms with Crippen molar-refractivity contribution < 1.29 is 13.2 Å². The number of rotatable bonds is 4. The fraction of sp³-hybridized carbons (Fsp3) is 0.462. The molecule has 0 fully saturated rings. The van der Waals surface area contributed by atoms with Crippen LogP contribution in [0.1, 0.15) is 28.4 Å². The van der Waals surface area contributed by atoms with Crippen LogP contribution in [0.5, 0.6) is 0 Å². The van der Waals surface area contributed by atoms with Crippen molar-refractivity contribution in [2.45, 2.75) is 26.3 Å². The number of sulfone groups is 1.